The lowest BCUT2D eigenvalue weighted by atomic mass is 10.3. The molecule has 0 N–H and O–H groups in total. The molecule has 0 radical (unpaired) electrons. The van der Waals surface area contributed by atoms with E-state index in [4.69, 9.17) is 4.74 Å². The Morgan fingerprint density at radius 3 is 2.45 bits per heavy atom. The fourth-order valence-corrected chi connectivity index (χ4v) is 2.97. The van der Waals surface area contributed by atoms with E-state index in [-0.39, 0.29) is 11.9 Å². The first kappa shape index (κ1) is 9.76. The molecule has 1 saturated heterocycles. The van der Waals surface area contributed by atoms with Gasteiger partial charge in [0.2, 0.25) is 0 Å². The van der Waals surface area contributed by atoms with Gasteiger partial charge in [-0.15, -0.1) is 0 Å². The molecule has 1 heterocycles. The van der Waals surface area contributed by atoms with Crippen LogP contribution in [0.3, 0.4) is 0 Å². The second-order valence-corrected chi connectivity index (χ2v) is 7.47. The summed E-state index contributed by atoms with van der Waals surface area (Å²) < 4.78 is 17.1. The highest BCUT2D eigenvalue weighted by Gasteiger charge is 2.32. The van der Waals surface area contributed by atoms with Gasteiger partial charge < -0.3 is 9.30 Å². The summed E-state index contributed by atoms with van der Waals surface area (Å²) in [4.78, 5) is 0. The highest BCUT2D eigenvalue weighted by molar-refractivity contribution is 9.09. The maximum atomic E-state index is 11.5. The zero-order chi connectivity index (χ0) is 8.48. The molecule has 1 aliphatic rings. The summed E-state index contributed by atoms with van der Waals surface area (Å²) >= 11 is 3.36. The van der Waals surface area contributed by atoms with Crippen LogP contribution in [0.5, 0.6) is 0 Å². The third-order valence-electron chi connectivity index (χ3n) is 1.95. The van der Waals surface area contributed by atoms with Gasteiger partial charge in [0, 0.05) is 5.33 Å². The molecule has 2 atom stereocenters. The smallest absolute Gasteiger partial charge is 0.110 e. The Labute approximate surface area is 76.2 Å². The molecular formula is C7H14BrO2P. The van der Waals surface area contributed by atoms with Crippen molar-refractivity contribution in [2.24, 2.45) is 0 Å². The van der Waals surface area contributed by atoms with Crippen LogP contribution in [0, 0.1) is 0 Å². The Morgan fingerprint density at radius 2 is 2.18 bits per heavy atom. The molecule has 0 saturated carbocycles. The van der Waals surface area contributed by atoms with Crippen molar-refractivity contribution in [3.63, 3.8) is 0 Å². The SMILES string of the molecule is CP(C)(=O)C1CCC(CBr)O1. The van der Waals surface area contributed by atoms with Gasteiger partial charge in [-0.05, 0) is 26.2 Å². The topological polar surface area (TPSA) is 26.3 Å². The molecule has 1 rings (SSSR count). The lowest BCUT2D eigenvalue weighted by Crippen LogP contribution is -2.11. The predicted octanol–water partition coefficient (Wildman–Crippen LogP) is 2.51. The lowest BCUT2D eigenvalue weighted by molar-refractivity contribution is 0.103. The van der Waals surface area contributed by atoms with E-state index in [0.29, 0.717) is 0 Å². The van der Waals surface area contributed by atoms with Gasteiger partial charge in [0.1, 0.15) is 13.0 Å². The quantitative estimate of drug-likeness (QED) is 0.548. The standard InChI is InChI=1S/C7H14BrO2P/c1-11(2,9)7-4-3-6(5-8)10-7/h6-7H,3-5H2,1-2H3. The first-order chi connectivity index (χ1) is 5.04. The number of alkyl halides is 1. The third kappa shape index (κ3) is 2.57. The molecule has 0 aromatic carbocycles. The van der Waals surface area contributed by atoms with E-state index >= 15 is 0 Å². The van der Waals surface area contributed by atoms with Gasteiger partial charge in [-0.2, -0.15) is 0 Å². The van der Waals surface area contributed by atoms with Crippen LogP contribution >= 0.6 is 23.1 Å². The van der Waals surface area contributed by atoms with Crippen molar-refractivity contribution >= 4 is 23.1 Å². The Bertz CT molecular complexity index is 177. The first-order valence-corrected chi connectivity index (χ1v) is 7.59. The molecule has 0 bridgehead atoms. The Kier molecular flexibility index (Phi) is 3.18. The predicted molar refractivity (Wildman–Crippen MR) is 51.1 cm³/mol. The lowest BCUT2D eigenvalue weighted by Gasteiger charge is -2.15. The van der Waals surface area contributed by atoms with Crippen molar-refractivity contribution in [1.82, 2.24) is 0 Å². The maximum absolute atomic E-state index is 11.5. The van der Waals surface area contributed by atoms with Gasteiger partial charge in [-0.3, -0.25) is 0 Å². The van der Waals surface area contributed by atoms with Crippen LogP contribution in [-0.2, 0) is 9.30 Å². The van der Waals surface area contributed by atoms with Gasteiger partial charge in [0.05, 0.1) is 6.10 Å². The molecule has 11 heavy (non-hydrogen) atoms. The Hall–Kier alpha value is 0.670. The molecule has 0 aromatic rings. The molecular weight excluding hydrogens is 227 g/mol. The monoisotopic (exact) mass is 240 g/mol. The summed E-state index contributed by atoms with van der Waals surface area (Å²) in [5.41, 5.74) is 0. The zero-order valence-corrected chi connectivity index (χ0v) is 9.40. The summed E-state index contributed by atoms with van der Waals surface area (Å²) in [5, 5.41) is 0.865. The van der Waals surface area contributed by atoms with Crippen molar-refractivity contribution in [2.75, 3.05) is 18.7 Å². The Morgan fingerprint density at radius 1 is 1.55 bits per heavy atom. The normalized spacial score (nSPS) is 32.6. The van der Waals surface area contributed by atoms with Crippen LogP contribution in [0.1, 0.15) is 12.8 Å². The zero-order valence-electron chi connectivity index (χ0n) is 6.92. The van der Waals surface area contributed by atoms with E-state index in [2.05, 4.69) is 15.9 Å². The third-order valence-corrected chi connectivity index (χ3v) is 4.44. The van der Waals surface area contributed by atoms with E-state index in [1.54, 1.807) is 13.3 Å². The van der Waals surface area contributed by atoms with Crippen LogP contribution < -0.4 is 0 Å². The van der Waals surface area contributed by atoms with Crippen LogP contribution in [0.25, 0.3) is 0 Å². The van der Waals surface area contributed by atoms with Crippen LogP contribution in [0.4, 0.5) is 0 Å². The molecule has 0 aromatic heterocycles. The Balaban J connectivity index is 2.48. The van der Waals surface area contributed by atoms with Gasteiger partial charge in [-0.1, -0.05) is 15.9 Å². The van der Waals surface area contributed by atoms with Gasteiger partial charge in [-0.25, -0.2) is 0 Å². The summed E-state index contributed by atoms with van der Waals surface area (Å²) in [6.07, 6.45) is 2.29. The summed E-state index contributed by atoms with van der Waals surface area (Å²) in [6.45, 7) is 3.60. The molecule has 4 heteroatoms. The van der Waals surface area contributed by atoms with Crippen LogP contribution in [0.2, 0.25) is 0 Å². The molecule has 66 valence electrons. The highest BCUT2D eigenvalue weighted by Crippen LogP contribution is 2.48. The average molecular weight is 241 g/mol. The van der Waals surface area contributed by atoms with Crippen LogP contribution in [0.15, 0.2) is 0 Å². The van der Waals surface area contributed by atoms with Gasteiger partial charge >= 0.3 is 0 Å². The summed E-state index contributed by atoms with van der Waals surface area (Å²) in [6, 6.07) is 0. The van der Waals surface area contributed by atoms with E-state index in [9.17, 15) is 4.57 Å². The molecule has 2 unspecified atom stereocenters. The summed E-state index contributed by atoms with van der Waals surface area (Å²) in [5.74, 6) is 0.0186. The van der Waals surface area contributed by atoms with Crippen molar-refractivity contribution in [3.8, 4) is 0 Å². The van der Waals surface area contributed by atoms with E-state index in [1.165, 1.54) is 0 Å². The molecule has 1 aliphatic heterocycles. The molecule has 2 nitrogen and oxygen atoms in total. The van der Waals surface area contributed by atoms with Crippen molar-refractivity contribution < 1.29 is 9.30 Å². The second kappa shape index (κ2) is 3.59. The minimum atomic E-state index is -2.01. The van der Waals surface area contributed by atoms with Gasteiger partial charge in [0.15, 0.2) is 0 Å². The van der Waals surface area contributed by atoms with E-state index in [1.807, 2.05) is 0 Å². The summed E-state index contributed by atoms with van der Waals surface area (Å²) in [7, 11) is -2.01. The maximum Gasteiger partial charge on any atom is 0.110 e. The molecule has 0 spiro atoms. The van der Waals surface area contributed by atoms with E-state index < -0.39 is 7.14 Å². The van der Waals surface area contributed by atoms with Crippen molar-refractivity contribution in [3.05, 3.63) is 0 Å². The fourth-order valence-electron chi connectivity index (χ4n) is 1.26. The molecule has 0 aliphatic carbocycles. The second-order valence-electron chi connectivity index (χ2n) is 3.38. The fraction of sp³-hybridized carbons (Fsp3) is 1.00. The van der Waals surface area contributed by atoms with Crippen molar-refractivity contribution in [1.29, 1.82) is 0 Å². The van der Waals surface area contributed by atoms with Gasteiger partial charge in [0.25, 0.3) is 0 Å². The van der Waals surface area contributed by atoms with E-state index in [0.717, 1.165) is 18.2 Å². The molecule has 0 amide bonds. The average Bonchev–Trinajstić information content (AvgIpc) is 2.32. The first-order valence-electron chi connectivity index (χ1n) is 3.80. The number of ether oxygens (including phenoxy) is 1. The number of rotatable bonds is 2. The molecule has 1 fully saturated rings. The van der Waals surface area contributed by atoms with Crippen LogP contribution in [-0.4, -0.2) is 30.6 Å². The minimum absolute atomic E-state index is 0.0186. The minimum Gasteiger partial charge on any atom is -0.366 e. The number of hydrogen-bond acceptors (Lipinski definition) is 2. The largest absolute Gasteiger partial charge is 0.366 e. The number of halogens is 1. The van der Waals surface area contributed by atoms with Crippen molar-refractivity contribution in [2.45, 2.75) is 24.8 Å². The number of hydrogen-bond donors (Lipinski definition) is 0. The highest BCUT2D eigenvalue weighted by atomic mass is 79.9.